The van der Waals surface area contributed by atoms with Crippen molar-refractivity contribution < 1.29 is 9.15 Å². The molecule has 1 saturated heterocycles. The van der Waals surface area contributed by atoms with Crippen LogP contribution in [0.3, 0.4) is 0 Å². The van der Waals surface area contributed by atoms with Crippen LogP contribution in [0.15, 0.2) is 10.5 Å². The summed E-state index contributed by atoms with van der Waals surface area (Å²) in [4.78, 5) is 2.34. The summed E-state index contributed by atoms with van der Waals surface area (Å²) in [5, 5.41) is 3.51. The third kappa shape index (κ3) is 3.38. The van der Waals surface area contributed by atoms with Crippen molar-refractivity contribution in [2.24, 2.45) is 0 Å². The highest BCUT2D eigenvalue weighted by Crippen LogP contribution is 2.22. The van der Waals surface area contributed by atoms with Crippen LogP contribution < -0.4 is 5.32 Å². The topological polar surface area (TPSA) is 37.6 Å². The fraction of sp³-hybridized carbons (Fsp3) is 0.733. The molecule has 2 aliphatic rings. The van der Waals surface area contributed by atoms with Crippen LogP contribution >= 0.6 is 0 Å². The maximum atomic E-state index is 5.98. The van der Waals surface area contributed by atoms with Gasteiger partial charge < -0.3 is 14.5 Å². The zero-order valence-electron chi connectivity index (χ0n) is 11.9. The number of nitrogens with zero attached hydrogens (tertiary/aromatic N) is 1. The molecule has 0 bridgehead atoms. The Bertz CT molecular complexity index is 420. The Balaban J connectivity index is 1.55. The van der Waals surface area contributed by atoms with E-state index >= 15 is 0 Å². The molecule has 0 radical (unpaired) electrons. The Morgan fingerprint density at radius 2 is 2.21 bits per heavy atom. The van der Waals surface area contributed by atoms with Gasteiger partial charge in [0.25, 0.3) is 0 Å². The molecule has 3 rings (SSSR count). The van der Waals surface area contributed by atoms with E-state index in [9.17, 15) is 0 Å². The van der Waals surface area contributed by atoms with Crippen molar-refractivity contribution in [3.8, 4) is 0 Å². The Kier molecular flexibility index (Phi) is 3.91. The van der Waals surface area contributed by atoms with E-state index in [1.807, 2.05) is 0 Å². The van der Waals surface area contributed by atoms with Gasteiger partial charge in [-0.05, 0) is 44.9 Å². The predicted octanol–water partition coefficient (Wildman–Crippen LogP) is 2.06. The second-order valence-corrected chi connectivity index (χ2v) is 5.91. The molecule has 0 amide bonds. The van der Waals surface area contributed by atoms with Gasteiger partial charge in [0.05, 0.1) is 19.7 Å². The zero-order valence-corrected chi connectivity index (χ0v) is 11.9. The van der Waals surface area contributed by atoms with E-state index in [0.717, 1.165) is 50.3 Å². The number of hydrogen-bond acceptors (Lipinski definition) is 4. The van der Waals surface area contributed by atoms with Gasteiger partial charge in [0.2, 0.25) is 0 Å². The van der Waals surface area contributed by atoms with Crippen molar-refractivity contribution in [2.75, 3.05) is 20.3 Å². The van der Waals surface area contributed by atoms with Crippen LogP contribution in [0.25, 0.3) is 0 Å². The third-order valence-corrected chi connectivity index (χ3v) is 4.13. The standard InChI is InChI=1S/C15H24N2O2/c1-11-7-14(9-17(2)13-5-6-18-10-13)19-15(11)8-16-12-3-4-12/h7,12-13,16H,3-6,8-10H2,1-2H3. The minimum Gasteiger partial charge on any atom is -0.463 e. The summed E-state index contributed by atoms with van der Waals surface area (Å²) in [5.41, 5.74) is 1.26. The van der Waals surface area contributed by atoms with E-state index in [0.29, 0.717) is 6.04 Å². The van der Waals surface area contributed by atoms with Gasteiger partial charge in [-0.2, -0.15) is 0 Å². The van der Waals surface area contributed by atoms with E-state index in [2.05, 4.69) is 30.3 Å². The summed E-state index contributed by atoms with van der Waals surface area (Å²) in [6, 6.07) is 3.45. The van der Waals surface area contributed by atoms with Crippen LogP contribution in [-0.2, 0) is 17.8 Å². The highest BCUT2D eigenvalue weighted by molar-refractivity contribution is 5.20. The molecule has 0 spiro atoms. The SMILES string of the molecule is Cc1cc(CN(C)C2CCOC2)oc1CNC1CC1. The molecule has 1 atom stereocenters. The number of likely N-dealkylation sites (N-methyl/N-ethyl adjacent to an activating group) is 1. The van der Waals surface area contributed by atoms with Gasteiger partial charge in [0.15, 0.2) is 0 Å². The van der Waals surface area contributed by atoms with Gasteiger partial charge in [-0.25, -0.2) is 0 Å². The van der Waals surface area contributed by atoms with Crippen LogP contribution in [0.5, 0.6) is 0 Å². The van der Waals surface area contributed by atoms with Crippen molar-refractivity contribution in [2.45, 2.75) is 51.4 Å². The largest absolute Gasteiger partial charge is 0.463 e. The number of rotatable bonds is 6. The Labute approximate surface area is 115 Å². The van der Waals surface area contributed by atoms with Crippen molar-refractivity contribution in [3.05, 3.63) is 23.2 Å². The average molecular weight is 264 g/mol. The van der Waals surface area contributed by atoms with Crippen molar-refractivity contribution in [3.63, 3.8) is 0 Å². The fourth-order valence-corrected chi connectivity index (χ4v) is 2.61. The van der Waals surface area contributed by atoms with Crippen LogP contribution in [0.1, 0.15) is 36.3 Å². The van der Waals surface area contributed by atoms with Gasteiger partial charge in [-0.1, -0.05) is 0 Å². The molecule has 1 aliphatic heterocycles. The Morgan fingerprint density at radius 3 is 2.89 bits per heavy atom. The summed E-state index contributed by atoms with van der Waals surface area (Å²) in [7, 11) is 2.15. The Morgan fingerprint density at radius 1 is 1.37 bits per heavy atom. The molecule has 1 aromatic rings. The minimum atomic E-state index is 0.540. The molecule has 2 fully saturated rings. The van der Waals surface area contributed by atoms with Gasteiger partial charge in [-0.3, -0.25) is 4.90 Å². The molecule has 1 saturated carbocycles. The maximum absolute atomic E-state index is 5.98. The molecule has 2 heterocycles. The first kappa shape index (κ1) is 13.2. The monoisotopic (exact) mass is 264 g/mol. The van der Waals surface area contributed by atoms with Crippen LogP contribution in [-0.4, -0.2) is 37.2 Å². The third-order valence-electron chi connectivity index (χ3n) is 4.13. The van der Waals surface area contributed by atoms with Crippen molar-refractivity contribution in [1.29, 1.82) is 0 Å². The molecule has 1 aliphatic carbocycles. The molecule has 106 valence electrons. The fourth-order valence-electron chi connectivity index (χ4n) is 2.61. The van der Waals surface area contributed by atoms with E-state index in [-0.39, 0.29) is 0 Å². The predicted molar refractivity (Wildman–Crippen MR) is 74.0 cm³/mol. The Hall–Kier alpha value is -0.840. The molecule has 1 aromatic heterocycles. The van der Waals surface area contributed by atoms with E-state index < -0.39 is 0 Å². The normalized spacial score (nSPS) is 23.4. The lowest BCUT2D eigenvalue weighted by atomic mass is 10.2. The first-order chi connectivity index (χ1) is 9.22. The lowest BCUT2D eigenvalue weighted by molar-refractivity contribution is 0.151. The zero-order chi connectivity index (χ0) is 13.2. The molecule has 4 nitrogen and oxygen atoms in total. The number of ether oxygens (including phenoxy) is 1. The average Bonchev–Trinajstić information content (AvgIpc) is 2.91. The molecular formula is C15H24N2O2. The van der Waals surface area contributed by atoms with Crippen molar-refractivity contribution in [1.82, 2.24) is 10.2 Å². The second-order valence-electron chi connectivity index (χ2n) is 5.91. The van der Waals surface area contributed by atoms with Crippen LogP contribution in [0, 0.1) is 6.92 Å². The highest BCUT2D eigenvalue weighted by atomic mass is 16.5. The molecule has 19 heavy (non-hydrogen) atoms. The minimum absolute atomic E-state index is 0.540. The summed E-state index contributed by atoms with van der Waals surface area (Å²) in [5.74, 6) is 2.16. The number of aryl methyl sites for hydroxylation is 1. The van der Waals surface area contributed by atoms with Crippen LogP contribution in [0.4, 0.5) is 0 Å². The van der Waals surface area contributed by atoms with E-state index in [1.165, 1.54) is 18.4 Å². The number of furan rings is 1. The molecule has 1 unspecified atom stereocenters. The smallest absolute Gasteiger partial charge is 0.120 e. The first-order valence-electron chi connectivity index (χ1n) is 7.32. The van der Waals surface area contributed by atoms with E-state index in [4.69, 9.17) is 9.15 Å². The molecular weight excluding hydrogens is 240 g/mol. The molecule has 4 heteroatoms. The molecule has 1 N–H and O–H groups in total. The van der Waals surface area contributed by atoms with Crippen molar-refractivity contribution >= 4 is 0 Å². The van der Waals surface area contributed by atoms with Gasteiger partial charge >= 0.3 is 0 Å². The van der Waals surface area contributed by atoms with Gasteiger partial charge in [0.1, 0.15) is 11.5 Å². The number of hydrogen-bond donors (Lipinski definition) is 1. The molecule has 0 aromatic carbocycles. The first-order valence-corrected chi connectivity index (χ1v) is 7.32. The summed E-state index contributed by atoms with van der Waals surface area (Å²) >= 11 is 0. The van der Waals surface area contributed by atoms with Crippen LogP contribution in [0.2, 0.25) is 0 Å². The summed E-state index contributed by atoms with van der Waals surface area (Å²) in [6.45, 7) is 5.62. The summed E-state index contributed by atoms with van der Waals surface area (Å²) < 4.78 is 11.4. The summed E-state index contributed by atoms with van der Waals surface area (Å²) in [6.07, 6.45) is 3.76. The second kappa shape index (κ2) is 5.65. The highest BCUT2D eigenvalue weighted by Gasteiger charge is 2.23. The number of nitrogens with one attached hydrogen (secondary N) is 1. The lowest BCUT2D eigenvalue weighted by Crippen LogP contribution is -2.31. The van der Waals surface area contributed by atoms with Gasteiger partial charge in [0, 0.05) is 18.7 Å². The van der Waals surface area contributed by atoms with Gasteiger partial charge in [-0.15, -0.1) is 0 Å². The quantitative estimate of drug-likeness (QED) is 0.853. The van der Waals surface area contributed by atoms with E-state index in [1.54, 1.807) is 0 Å². The maximum Gasteiger partial charge on any atom is 0.120 e. The lowest BCUT2D eigenvalue weighted by Gasteiger charge is -2.21.